The molecule has 2 N–H and O–H groups in total. The fourth-order valence-electron chi connectivity index (χ4n) is 2.13. The Morgan fingerprint density at radius 1 is 1.44 bits per heavy atom. The van der Waals surface area contributed by atoms with Gasteiger partial charge in [0.05, 0.1) is 6.54 Å². The highest BCUT2D eigenvalue weighted by atomic mass is 16.2. The predicted molar refractivity (Wildman–Crippen MR) is 69.3 cm³/mol. The maximum absolute atomic E-state index is 11.9. The molecule has 0 saturated heterocycles. The third kappa shape index (κ3) is 2.36. The highest BCUT2D eigenvalue weighted by Crippen LogP contribution is 2.33. The average molecular weight is 247 g/mol. The Morgan fingerprint density at radius 2 is 2.17 bits per heavy atom. The van der Waals surface area contributed by atoms with Gasteiger partial charge in [-0.2, -0.15) is 0 Å². The van der Waals surface area contributed by atoms with Crippen molar-refractivity contribution < 1.29 is 9.59 Å². The van der Waals surface area contributed by atoms with Gasteiger partial charge in [0, 0.05) is 32.2 Å². The number of fused-ring (bicyclic) bond motifs is 1. The number of nitrogens with one attached hydrogen (secondary N) is 2. The van der Waals surface area contributed by atoms with Crippen molar-refractivity contribution in [3.63, 3.8) is 0 Å². The number of benzene rings is 1. The average Bonchev–Trinajstić information content (AvgIpc) is 2.41. The van der Waals surface area contributed by atoms with E-state index in [1.807, 2.05) is 24.3 Å². The minimum absolute atomic E-state index is 0.0584. The van der Waals surface area contributed by atoms with Crippen LogP contribution in [0, 0.1) is 0 Å². The van der Waals surface area contributed by atoms with E-state index in [1.54, 1.807) is 19.0 Å². The number of hydrogen-bond donors (Lipinski definition) is 2. The first-order valence-electron chi connectivity index (χ1n) is 5.93. The second-order valence-electron chi connectivity index (χ2n) is 4.32. The molecule has 0 bridgehead atoms. The van der Waals surface area contributed by atoms with Crippen LogP contribution in [0.2, 0.25) is 0 Å². The van der Waals surface area contributed by atoms with Gasteiger partial charge >= 0.3 is 0 Å². The van der Waals surface area contributed by atoms with Crippen LogP contribution in [0.15, 0.2) is 24.3 Å². The van der Waals surface area contributed by atoms with Crippen molar-refractivity contribution in [2.24, 2.45) is 0 Å². The van der Waals surface area contributed by atoms with E-state index in [1.165, 1.54) is 0 Å². The zero-order valence-electron chi connectivity index (χ0n) is 10.6. The van der Waals surface area contributed by atoms with Gasteiger partial charge in [0.15, 0.2) is 0 Å². The molecule has 0 spiro atoms. The maximum atomic E-state index is 11.9. The van der Waals surface area contributed by atoms with Gasteiger partial charge in [-0.05, 0) is 11.6 Å². The third-order valence-electron chi connectivity index (χ3n) is 3.21. The highest BCUT2D eigenvalue weighted by Gasteiger charge is 2.28. The number of carbonyl (C=O) groups excluding carboxylic acids is 2. The van der Waals surface area contributed by atoms with Gasteiger partial charge in [-0.15, -0.1) is 0 Å². The summed E-state index contributed by atoms with van der Waals surface area (Å²) in [7, 11) is 3.37. The van der Waals surface area contributed by atoms with Crippen LogP contribution in [-0.2, 0) is 9.59 Å². The molecule has 1 atom stereocenters. The molecule has 2 amide bonds. The molecule has 1 aliphatic rings. The minimum atomic E-state index is -0.0952. The topological polar surface area (TPSA) is 61.4 Å². The molecule has 18 heavy (non-hydrogen) atoms. The van der Waals surface area contributed by atoms with Crippen molar-refractivity contribution in [1.29, 1.82) is 0 Å². The fourth-order valence-corrected chi connectivity index (χ4v) is 2.13. The van der Waals surface area contributed by atoms with E-state index in [2.05, 4.69) is 10.6 Å². The van der Waals surface area contributed by atoms with Crippen molar-refractivity contribution in [2.75, 3.05) is 25.5 Å². The van der Waals surface area contributed by atoms with E-state index in [9.17, 15) is 9.59 Å². The number of carbonyl (C=O) groups is 2. The number of amides is 2. The van der Waals surface area contributed by atoms with E-state index in [4.69, 9.17) is 0 Å². The van der Waals surface area contributed by atoms with Gasteiger partial charge in [-0.3, -0.25) is 9.59 Å². The van der Waals surface area contributed by atoms with Crippen LogP contribution < -0.4 is 15.5 Å². The van der Waals surface area contributed by atoms with Crippen LogP contribution in [-0.4, -0.2) is 32.5 Å². The highest BCUT2D eigenvalue weighted by molar-refractivity contribution is 5.96. The normalized spacial score (nSPS) is 18.4. The van der Waals surface area contributed by atoms with Gasteiger partial charge in [0.1, 0.15) is 0 Å². The summed E-state index contributed by atoms with van der Waals surface area (Å²) in [5.41, 5.74) is 1.96. The third-order valence-corrected chi connectivity index (χ3v) is 3.21. The molecule has 5 heteroatoms. The van der Waals surface area contributed by atoms with Crippen molar-refractivity contribution in [2.45, 2.75) is 12.5 Å². The lowest BCUT2D eigenvalue weighted by Crippen LogP contribution is -2.40. The Hall–Kier alpha value is -1.88. The molecular formula is C13H17N3O2. The molecule has 0 radical (unpaired) electrons. The van der Waals surface area contributed by atoms with E-state index >= 15 is 0 Å². The summed E-state index contributed by atoms with van der Waals surface area (Å²) in [4.78, 5) is 24.8. The second-order valence-corrected chi connectivity index (χ2v) is 4.32. The smallest absolute Gasteiger partial charge is 0.233 e. The van der Waals surface area contributed by atoms with Gasteiger partial charge in [-0.1, -0.05) is 18.2 Å². The Bertz CT molecular complexity index is 473. The quantitative estimate of drug-likeness (QED) is 0.814. The first-order chi connectivity index (χ1) is 8.63. The fraction of sp³-hybridized carbons (Fsp3) is 0.385. The lowest BCUT2D eigenvalue weighted by molar-refractivity contribution is -0.121. The van der Waals surface area contributed by atoms with E-state index in [0.29, 0.717) is 6.42 Å². The number of nitrogens with zero attached hydrogens (tertiary/aromatic N) is 1. The zero-order chi connectivity index (χ0) is 13.1. The summed E-state index contributed by atoms with van der Waals surface area (Å²) in [5.74, 6) is -0.0260. The zero-order valence-corrected chi connectivity index (χ0v) is 10.6. The first kappa shape index (κ1) is 12.6. The number of likely N-dealkylation sites (N-methyl/N-ethyl adjacent to an activating group) is 1. The van der Waals surface area contributed by atoms with Crippen LogP contribution in [0.25, 0.3) is 0 Å². The molecule has 1 aromatic rings. The monoisotopic (exact) mass is 247 g/mol. The van der Waals surface area contributed by atoms with Crippen LogP contribution in [0.3, 0.4) is 0 Å². The Labute approximate surface area is 106 Å². The van der Waals surface area contributed by atoms with E-state index < -0.39 is 0 Å². The molecular weight excluding hydrogens is 230 g/mol. The molecule has 1 aliphatic heterocycles. The van der Waals surface area contributed by atoms with E-state index in [0.717, 1.165) is 11.3 Å². The summed E-state index contributed by atoms with van der Waals surface area (Å²) in [6.45, 7) is 0.215. The van der Waals surface area contributed by atoms with Crippen LogP contribution >= 0.6 is 0 Å². The molecule has 2 rings (SSSR count). The van der Waals surface area contributed by atoms with Gasteiger partial charge in [0.25, 0.3) is 0 Å². The van der Waals surface area contributed by atoms with Crippen molar-refractivity contribution >= 4 is 17.5 Å². The van der Waals surface area contributed by atoms with Crippen LogP contribution in [0.1, 0.15) is 18.0 Å². The molecule has 0 aliphatic carbocycles. The summed E-state index contributed by atoms with van der Waals surface area (Å²) in [6.07, 6.45) is 0.379. The molecule has 96 valence electrons. The molecule has 1 aromatic carbocycles. The first-order valence-corrected chi connectivity index (χ1v) is 5.93. The largest absolute Gasteiger partial charge is 0.358 e. The summed E-state index contributed by atoms with van der Waals surface area (Å²) < 4.78 is 0. The number of para-hydroxylation sites is 1. The second kappa shape index (κ2) is 5.18. The standard InChI is InChI=1S/C13H17N3O2/c1-14-12(17)8-15-10-7-13(18)16(2)11-6-4-3-5-9(10)11/h3-6,10,15H,7-8H2,1-2H3,(H,14,17). The maximum Gasteiger partial charge on any atom is 0.233 e. The van der Waals surface area contributed by atoms with Gasteiger partial charge in [0.2, 0.25) is 11.8 Å². The Kier molecular flexibility index (Phi) is 3.62. The molecule has 5 nitrogen and oxygen atoms in total. The summed E-state index contributed by atoms with van der Waals surface area (Å²) in [5, 5.41) is 5.67. The van der Waals surface area contributed by atoms with E-state index in [-0.39, 0.29) is 24.4 Å². The molecule has 0 saturated carbocycles. The number of anilines is 1. The lowest BCUT2D eigenvalue weighted by Gasteiger charge is -2.31. The molecule has 0 fully saturated rings. The Balaban J connectivity index is 2.20. The molecule has 1 unspecified atom stereocenters. The summed E-state index contributed by atoms with van der Waals surface area (Å²) >= 11 is 0. The summed E-state index contributed by atoms with van der Waals surface area (Å²) in [6, 6.07) is 7.66. The number of rotatable bonds is 3. The van der Waals surface area contributed by atoms with Crippen molar-refractivity contribution in [3.05, 3.63) is 29.8 Å². The molecule has 0 aromatic heterocycles. The SMILES string of the molecule is CNC(=O)CNC1CC(=O)N(C)c2ccccc21. The predicted octanol–water partition coefficient (Wildman–Crippen LogP) is 0.430. The van der Waals surface area contributed by atoms with Crippen LogP contribution in [0.5, 0.6) is 0 Å². The van der Waals surface area contributed by atoms with Crippen LogP contribution in [0.4, 0.5) is 5.69 Å². The number of hydrogen-bond acceptors (Lipinski definition) is 3. The lowest BCUT2D eigenvalue weighted by atomic mass is 9.96. The minimum Gasteiger partial charge on any atom is -0.358 e. The molecule has 1 heterocycles. The van der Waals surface area contributed by atoms with Gasteiger partial charge < -0.3 is 15.5 Å². The van der Waals surface area contributed by atoms with Crippen molar-refractivity contribution in [1.82, 2.24) is 10.6 Å². The van der Waals surface area contributed by atoms with Crippen molar-refractivity contribution in [3.8, 4) is 0 Å². The van der Waals surface area contributed by atoms with Gasteiger partial charge in [-0.25, -0.2) is 0 Å². The Morgan fingerprint density at radius 3 is 2.89 bits per heavy atom.